The quantitative estimate of drug-likeness (QED) is 0.919. The summed E-state index contributed by atoms with van der Waals surface area (Å²) in [6.07, 6.45) is 4.50. The van der Waals surface area contributed by atoms with Crippen LogP contribution in [0.4, 0.5) is 8.78 Å². The highest BCUT2D eigenvalue weighted by molar-refractivity contribution is 5.29. The molecular formula is C15H16F2N2. The molecule has 0 fully saturated rings. The summed E-state index contributed by atoms with van der Waals surface area (Å²) in [5.74, 6) is -0.877. The van der Waals surface area contributed by atoms with Gasteiger partial charge in [0.2, 0.25) is 0 Å². The van der Waals surface area contributed by atoms with Crippen LogP contribution in [0.1, 0.15) is 29.7 Å². The molecule has 0 spiro atoms. The minimum Gasteiger partial charge on any atom is -0.324 e. The van der Waals surface area contributed by atoms with Crippen LogP contribution in [0.15, 0.2) is 36.7 Å². The van der Waals surface area contributed by atoms with Gasteiger partial charge in [-0.3, -0.25) is 4.98 Å². The second-order valence-corrected chi connectivity index (χ2v) is 4.47. The number of benzene rings is 1. The highest BCUT2D eigenvalue weighted by Crippen LogP contribution is 2.21. The summed E-state index contributed by atoms with van der Waals surface area (Å²) in [6, 6.07) is 4.90. The van der Waals surface area contributed by atoms with Crippen LogP contribution >= 0.6 is 0 Å². The zero-order valence-corrected chi connectivity index (χ0v) is 10.7. The fourth-order valence-electron chi connectivity index (χ4n) is 2.14. The Hall–Kier alpha value is -1.81. The largest absolute Gasteiger partial charge is 0.324 e. The Bertz CT molecular complexity index is 570. The number of nitrogens with two attached hydrogens (primary N) is 1. The van der Waals surface area contributed by atoms with Crippen LogP contribution in [-0.2, 0) is 12.8 Å². The van der Waals surface area contributed by atoms with Gasteiger partial charge in [0.1, 0.15) is 11.6 Å². The van der Waals surface area contributed by atoms with E-state index in [-0.39, 0.29) is 12.5 Å². The second-order valence-electron chi connectivity index (χ2n) is 4.47. The van der Waals surface area contributed by atoms with Crippen molar-refractivity contribution in [3.05, 3.63) is 65.0 Å². The Morgan fingerprint density at radius 1 is 1.21 bits per heavy atom. The van der Waals surface area contributed by atoms with E-state index in [2.05, 4.69) is 4.98 Å². The van der Waals surface area contributed by atoms with Crippen molar-refractivity contribution in [2.24, 2.45) is 5.73 Å². The van der Waals surface area contributed by atoms with Crippen molar-refractivity contribution in [3.8, 4) is 0 Å². The Labute approximate surface area is 111 Å². The van der Waals surface area contributed by atoms with Crippen LogP contribution in [0.3, 0.4) is 0 Å². The van der Waals surface area contributed by atoms with E-state index >= 15 is 0 Å². The average molecular weight is 262 g/mol. The number of pyridine rings is 1. The van der Waals surface area contributed by atoms with Gasteiger partial charge in [0, 0.05) is 18.4 Å². The number of aryl methyl sites for hydroxylation is 1. The van der Waals surface area contributed by atoms with E-state index in [0.29, 0.717) is 5.56 Å². The van der Waals surface area contributed by atoms with Gasteiger partial charge in [-0.05, 0) is 53.8 Å². The van der Waals surface area contributed by atoms with E-state index in [1.807, 2.05) is 13.0 Å². The molecule has 0 saturated heterocycles. The van der Waals surface area contributed by atoms with E-state index in [4.69, 9.17) is 5.73 Å². The molecule has 1 atom stereocenters. The number of rotatable bonds is 4. The fourth-order valence-corrected chi connectivity index (χ4v) is 2.14. The highest BCUT2D eigenvalue weighted by Gasteiger charge is 2.14. The number of hydrogen-bond donors (Lipinski definition) is 1. The molecule has 2 N–H and O–H groups in total. The van der Waals surface area contributed by atoms with Crippen molar-refractivity contribution in [1.82, 2.24) is 4.98 Å². The molecule has 0 amide bonds. The molecule has 0 bridgehead atoms. The Kier molecular flexibility index (Phi) is 4.22. The Morgan fingerprint density at radius 3 is 2.74 bits per heavy atom. The Balaban J connectivity index is 2.25. The lowest BCUT2D eigenvalue weighted by Crippen LogP contribution is -2.16. The van der Waals surface area contributed by atoms with Crippen molar-refractivity contribution < 1.29 is 8.78 Å². The predicted octanol–water partition coefficient (Wildman–Crippen LogP) is 3.16. The summed E-state index contributed by atoms with van der Waals surface area (Å²) < 4.78 is 26.7. The van der Waals surface area contributed by atoms with E-state index in [1.54, 1.807) is 12.4 Å². The van der Waals surface area contributed by atoms with Gasteiger partial charge in [-0.15, -0.1) is 0 Å². The molecule has 100 valence electrons. The summed E-state index contributed by atoms with van der Waals surface area (Å²) in [5, 5.41) is 0. The van der Waals surface area contributed by atoms with Gasteiger partial charge in [-0.2, -0.15) is 0 Å². The second kappa shape index (κ2) is 5.89. The molecule has 0 aliphatic rings. The van der Waals surface area contributed by atoms with Crippen molar-refractivity contribution in [2.45, 2.75) is 25.8 Å². The number of aromatic nitrogens is 1. The SMILES string of the molecule is CCc1cnccc1C(N)Cc1cc(F)ccc1F. The third-order valence-electron chi connectivity index (χ3n) is 3.17. The third kappa shape index (κ3) is 3.15. The number of halogens is 2. The van der Waals surface area contributed by atoms with Gasteiger partial charge < -0.3 is 5.73 Å². The van der Waals surface area contributed by atoms with Crippen molar-refractivity contribution >= 4 is 0 Å². The van der Waals surface area contributed by atoms with Gasteiger partial charge in [0.05, 0.1) is 0 Å². The van der Waals surface area contributed by atoms with Crippen LogP contribution in [0.25, 0.3) is 0 Å². The summed E-state index contributed by atoms with van der Waals surface area (Å²) >= 11 is 0. The van der Waals surface area contributed by atoms with Crippen LogP contribution in [-0.4, -0.2) is 4.98 Å². The maximum atomic E-state index is 13.6. The van der Waals surface area contributed by atoms with Gasteiger partial charge in [0.25, 0.3) is 0 Å². The average Bonchev–Trinajstić information content (AvgIpc) is 2.42. The van der Waals surface area contributed by atoms with Gasteiger partial charge >= 0.3 is 0 Å². The van der Waals surface area contributed by atoms with Crippen LogP contribution < -0.4 is 5.73 Å². The Morgan fingerprint density at radius 2 is 2.00 bits per heavy atom. The maximum absolute atomic E-state index is 13.6. The van der Waals surface area contributed by atoms with E-state index < -0.39 is 11.6 Å². The van der Waals surface area contributed by atoms with Gasteiger partial charge in [0.15, 0.2) is 0 Å². The minimum absolute atomic E-state index is 0.264. The summed E-state index contributed by atoms with van der Waals surface area (Å²) in [7, 11) is 0. The van der Waals surface area contributed by atoms with Crippen molar-refractivity contribution in [1.29, 1.82) is 0 Å². The molecule has 1 unspecified atom stereocenters. The normalized spacial score (nSPS) is 12.4. The minimum atomic E-state index is -0.450. The van der Waals surface area contributed by atoms with Gasteiger partial charge in [-0.1, -0.05) is 6.92 Å². The van der Waals surface area contributed by atoms with Crippen LogP contribution in [0.5, 0.6) is 0 Å². The lowest BCUT2D eigenvalue weighted by molar-refractivity contribution is 0.572. The zero-order valence-electron chi connectivity index (χ0n) is 10.7. The molecule has 0 aliphatic heterocycles. The molecule has 1 aromatic heterocycles. The number of nitrogens with zero attached hydrogens (tertiary/aromatic N) is 1. The summed E-state index contributed by atoms with van der Waals surface area (Å²) in [6.45, 7) is 2.01. The maximum Gasteiger partial charge on any atom is 0.126 e. The lowest BCUT2D eigenvalue weighted by Gasteiger charge is -2.16. The molecule has 0 radical (unpaired) electrons. The first-order valence-corrected chi connectivity index (χ1v) is 6.24. The zero-order chi connectivity index (χ0) is 13.8. The topological polar surface area (TPSA) is 38.9 Å². The molecule has 19 heavy (non-hydrogen) atoms. The third-order valence-corrected chi connectivity index (χ3v) is 3.17. The monoisotopic (exact) mass is 262 g/mol. The fraction of sp³-hybridized carbons (Fsp3) is 0.267. The lowest BCUT2D eigenvalue weighted by atomic mass is 9.95. The smallest absolute Gasteiger partial charge is 0.126 e. The first-order valence-electron chi connectivity index (χ1n) is 6.24. The van der Waals surface area contributed by atoms with Crippen LogP contribution in [0, 0.1) is 11.6 Å². The molecule has 0 saturated carbocycles. The standard InChI is InChI=1S/C15H16F2N2/c1-2-10-9-19-6-5-13(10)15(18)8-11-7-12(16)3-4-14(11)17/h3-7,9,15H,2,8,18H2,1H3. The molecule has 2 aromatic rings. The van der Waals surface area contributed by atoms with Crippen LogP contribution in [0.2, 0.25) is 0 Å². The first-order chi connectivity index (χ1) is 9.11. The molecule has 2 nitrogen and oxygen atoms in total. The summed E-state index contributed by atoms with van der Waals surface area (Å²) in [4.78, 5) is 4.05. The summed E-state index contributed by atoms with van der Waals surface area (Å²) in [5.41, 5.74) is 8.37. The molecule has 2 rings (SSSR count). The molecule has 1 aromatic carbocycles. The molecule has 4 heteroatoms. The molecular weight excluding hydrogens is 246 g/mol. The van der Waals surface area contributed by atoms with Crippen molar-refractivity contribution in [2.75, 3.05) is 0 Å². The molecule has 1 heterocycles. The predicted molar refractivity (Wildman–Crippen MR) is 70.6 cm³/mol. The van der Waals surface area contributed by atoms with Gasteiger partial charge in [-0.25, -0.2) is 8.78 Å². The van der Waals surface area contributed by atoms with E-state index in [1.165, 1.54) is 6.07 Å². The highest BCUT2D eigenvalue weighted by atomic mass is 19.1. The van der Waals surface area contributed by atoms with E-state index in [9.17, 15) is 8.78 Å². The number of hydrogen-bond acceptors (Lipinski definition) is 2. The molecule has 0 aliphatic carbocycles. The van der Waals surface area contributed by atoms with E-state index in [0.717, 1.165) is 29.7 Å². The first kappa shape index (κ1) is 13.6. The van der Waals surface area contributed by atoms with Crippen molar-refractivity contribution in [3.63, 3.8) is 0 Å².